The second kappa shape index (κ2) is 11.8. The fraction of sp³-hybridized carbons (Fsp3) is 0.367. The van der Waals surface area contributed by atoms with Gasteiger partial charge < -0.3 is 14.7 Å². The van der Waals surface area contributed by atoms with Crippen molar-refractivity contribution in [3.63, 3.8) is 0 Å². The van der Waals surface area contributed by atoms with Crippen molar-refractivity contribution >= 4 is 15.9 Å². The van der Waals surface area contributed by atoms with Crippen LogP contribution in [0.15, 0.2) is 77.7 Å². The standard InChI is InChI=1S/C30H36N2O5S/c1-21-10-9-12-25(16-21)38(35,36)31(4)18-29-22(2)17-32(23(3)19-33)30(34)28-15-8-7-14-27(28)26-13-6-5-11-24(26)20-37-29/h5-16,22-23,29,33H,17-20H2,1-4H3/t22-,23+,29+/m1/s1. The highest BCUT2D eigenvalue weighted by Crippen LogP contribution is 2.31. The molecule has 0 radical (unpaired) electrons. The number of aliphatic hydroxyl groups excluding tert-OH is 1. The summed E-state index contributed by atoms with van der Waals surface area (Å²) in [6.07, 6.45) is -0.505. The van der Waals surface area contributed by atoms with Gasteiger partial charge in [-0.3, -0.25) is 4.79 Å². The van der Waals surface area contributed by atoms with Crippen LogP contribution in [0.5, 0.6) is 0 Å². The van der Waals surface area contributed by atoms with Crippen LogP contribution in [0.1, 0.15) is 35.3 Å². The van der Waals surface area contributed by atoms with E-state index in [4.69, 9.17) is 4.74 Å². The maximum absolute atomic E-state index is 13.9. The number of carbonyl (C=O) groups is 1. The number of aliphatic hydroxyl groups is 1. The molecule has 0 spiro atoms. The molecule has 0 unspecified atom stereocenters. The zero-order chi connectivity index (χ0) is 27.4. The Kier molecular flexibility index (Phi) is 8.67. The third-order valence-corrected chi connectivity index (χ3v) is 9.05. The van der Waals surface area contributed by atoms with E-state index in [0.29, 0.717) is 12.1 Å². The van der Waals surface area contributed by atoms with Crippen molar-refractivity contribution in [3.05, 3.63) is 89.5 Å². The van der Waals surface area contributed by atoms with E-state index >= 15 is 0 Å². The molecule has 0 saturated carbocycles. The van der Waals surface area contributed by atoms with Gasteiger partial charge in [0.2, 0.25) is 10.0 Å². The first-order valence-electron chi connectivity index (χ1n) is 12.9. The van der Waals surface area contributed by atoms with Gasteiger partial charge in [-0.1, -0.05) is 61.5 Å². The highest BCUT2D eigenvalue weighted by molar-refractivity contribution is 7.89. The summed E-state index contributed by atoms with van der Waals surface area (Å²) < 4.78 is 34.5. The van der Waals surface area contributed by atoms with Gasteiger partial charge in [0.05, 0.1) is 30.3 Å². The molecule has 0 aromatic heterocycles. The van der Waals surface area contributed by atoms with E-state index in [9.17, 15) is 18.3 Å². The Hall–Kier alpha value is -3.04. The molecule has 0 aliphatic carbocycles. The molecule has 1 heterocycles. The number of sulfonamides is 1. The van der Waals surface area contributed by atoms with Crippen molar-refractivity contribution in [1.82, 2.24) is 9.21 Å². The molecule has 8 heteroatoms. The highest BCUT2D eigenvalue weighted by Gasteiger charge is 2.32. The Balaban J connectivity index is 1.73. The van der Waals surface area contributed by atoms with E-state index in [1.54, 1.807) is 30.1 Å². The first-order valence-corrected chi connectivity index (χ1v) is 14.3. The molecule has 4 rings (SSSR count). The van der Waals surface area contributed by atoms with Crippen molar-refractivity contribution in [1.29, 1.82) is 0 Å². The minimum atomic E-state index is -3.75. The van der Waals surface area contributed by atoms with Crippen molar-refractivity contribution in [2.24, 2.45) is 5.92 Å². The zero-order valence-electron chi connectivity index (χ0n) is 22.4. The van der Waals surface area contributed by atoms with Gasteiger partial charge in [0.1, 0.15) is 0 Å². The van der Waals surface area contributed by atoms with Gasteiger partial charge in [-0.15, -0.1) is 0 Å². The molecule has 3 aromatic carbocycles. The minimum Gasteiger partial charge on any atom is -0.394 e. The summed E-state index contributed by atoms with van der Waals surface area (Å²) in [5.41, 5.74) is 4.03. The van der Waals surface area contributed by atoms with Gasteiger partial charge in [0, 0.05) is 31.6 Å². The maximum Gasteiger partial charge on any atom is 0.254 e. The monoisotopic (exact) mass is 536 g/mol. The summed E-state index contributed by atoms with van der Waals surface area (Å²) in [6.45, 7) is 6.11. The van der Waals surface area contributed by atoms with Crippen LogP contribution in [0.25, 0.3) is 11.1 Å². The van der Waals surface area contributed by atoms with E-state index in [-0.39, 0.29) is 36.5 Å². The number of hydrogen-bond acceptors (Lipinski definition) is 5. The lowest BCUT2D eigenvalue weighted by Gasteiger charge is -2.35. The number of benzene rings is 3. The van der Waals surface area contributed by atoms with Gasteiger partial charge in [-0.2, -0.15) is 4.31 Å². The first kappa shape index (κ1) is 28.0. The summed E-state index contributed by atoms with van der Waals surface area (Å²) >= 11 is 0. The van der Waals surface area contributed by atoms with Crippen LogP contribution in [0.3, 0.4) is 0 Å². The number of carbonyl (C=O) groups excluding carboxylic acids is 1. The number of rotatable bonds is 6. The molecule has 1 N–H and O–H groups in total. The number of aryl methyl sites for hydroxylation is 1. The molecule has 0 bridgehead atoms. The van der Waals surface area contributed by atoms with E-state index in [1.165, 1.54) is 4.31 Å². The van der Waals surface area contributed by atoms with Crippen LogP contribution in [-0.2, 0) is 21.4 Å². The average molecular weight is 537 g/mol. The number of amides is 1. The molecule has 7 nitrogen and oxygen atoms in total. The highest BCUT2D eigenvalue weighted by atomic mass is 32.2. The second-order valence-electron chi connectivity index (χ2n) is 10.1. The molecule has 3 aromatic rings. The van der Waals surface area contributed by atoms with Crippen LogP contribution in [-0.4, -0.2) is 67.5 Å². The van der Waals surface area contributed by atoms with E-state index < -0.39 is 22.2 Å². The molecule has 3 atom stereocenters. The third kappa shape index (κ3) is 5.83. The summed E-state index contributed by atoms with van der Waals surface area (Å²) in [5, 5.41) is 9.99. The number of nitrogens with zero attached hydrogens (tertiary/aromatic N) is 2. The van der Waals surface area contributed by atoms with Gasteiger partial charge >= 0.3 is 0 Å². The lowest BCUT2D eigenvalue weighted by atomic mass is 9.94. The normalized spacial score (nSPS) is 19.4. The summed E-state index contributed by atoms with van der Waals surface area (Å²) in [5.74, 6) is -0.397. The fourth-order valence-electron chi connectivity index (χ4n) is 4.86. The number of fused-ring (bicyclic) bond motifs is 3. The molecular formula is C30H36N2O5S. The molecule has 202 valence electrons. The zero-order valence-corrected chi connectivity index (χ0v) is 23.2. The van der Waals surface area contributed by atoms with E-state index in [2.05, 4.69) is 0 Å². The lowest BCUT2D eigenvalue weighted by Crippen LogP contribution is -2.47. The third-order valence-electron chi connectivity index (χ3n) is 7.23. The summed E-state index contributed by atoms with van der Waals surface area (Å²) in [4.78, 5) is 15.8. The Labute approximate surface area is 225 Å². The Morgan fingerprint density at radius 1 is 1.03 bits per heavy atom. The first-order chi connectivity index (χ1) is 18.1. The quantitative estimate of drug-likeness (QED) is 0.507. The van der Waals surface area contributed by atoms with Crippen LogP contribution < -0.4 is 0 Å². The van der Waals surface area contributed by atoms with E-state index in [0.717, 1.165) is 22.3 Å². The predicted molar refractivity (Wildman–Crippen MR) is 148 cm³/mol. The van der Waals surface area contributed by atoms with Gasteiger partial charge in [-0.05, 0) is 54.3 Å². The Bertz CT molecular complexity index is 1390. The maximum atomic E-state index is 13.9. The van der Waals surface area contributed by atoms with Crippen molar-refractivity contribution in [2.75, 3.05) is 26.7 Å². The van der Waals surface area contributed by atoms with Crippen molar-refractivity contribution in [3.8, 4) is 11.1 Å². The molecular weight excluding hydrogens is 500 g/mol. The Morgan fingerprint density at radius 2 is 1.68 bits per heavy atom. The number of ether oxygens (including phenoxy) is 1. The summed E-state index contributed by atoms with van der Waals surface area (Å²) in [6, 6.07) is 21.7. The van der Waals surface area contributed by atoms with Crippen molar-refractivity contribution < 1.29 is 23.1 Å². The molecule has 1 aliphatic heterocycles. The van der Waals surface area contributed by atoms with Crippen LogP contribution in [0.4, 0.5) is 0 Å². The van der Waals surface area contributed by atoms with E-state index in [1.807, 2.05) is 75.4 Å². The number of hydrogen-bond donors (Lipinski definition) is 1. The molecule has 0 fully saturated rings. The lowest BCUT2D eigenvalue weighted by molar-refractivity contribution is -0.0146. The van der Waals surface area contributed by atoms with Crippen LogP contribution in [0, 0.1) is 12.8 Å². The van der Waals surface area contributed by atoms with Gasteiger partial charge in [0.25, 0.3) is 5.91 Å². The average Bonchev–Trinajstić information content (AvgIpc) is 2.94. The SMILES string of the molecule is Cc1cccc(S(=O)(=O)N(C)C[C@@H]2OCc3ccccc3-c3ccccc3C(=O)N([C@@H](C)CO)C[C@H]2C)c1. The van der Waals surface area contributed by atoms with Gasteiger partial charge in [0.15, 0.2) is 0 Å². The fourth-order valence-corrected chi connectivity index (χ4v) is 6.15. The smallest absolute Gasteiger partial charge is 0.254 e. The molecule has 1 aliphatic rings. The summed E-state index contributed by atoms with van der Waals surface area (Å²) in [7, 11) is -2.19. The Morgan fingerprint density at radius 3 is 2.37 bits per heavy atom. The predicted octanol–water partition coefficient (Wildman–Crippen LogP) is 4.34. The minimum absolute atomic E-state index is 0.113. The molecule has 38 heavy (non-hydrogen) atoms. The molecule has 0 saturated heterocycles. The van der Waals surface area contributed by atoms with Crippen LogP contribution in [0.2, 0.25) is 0 Å². The van der Waals surface area contributed by atoms with Crippen molar-refractivity contribution in [2.45, 2.75) is 44.4 Å². The molecule has 1 amide bonds. The number of likely N-dealkylation sites (N-methyl/N-ethyl adjacent to an activating group) is 1. The topological polar surface area (TPSA) is 87.2 Å². The van der Waals surface area contributed by atoms with Gasteiger partial charge in [-0.25, -0.2) is 8.42 Å². The largest absolute Gasteiger partial charge is 0.394 e. The second-order valence-corrected chi connectivity index (χ2v) is 12.2. The van der Waals surface area contributed by atoms with Crippen LogP contribution >= 0.6 is 0 Å².